The van der Waals surface area contributed by atoms with Gasteiger partial charge in [-0.1, -0.05) is 0 Å². The maximum Gasteiger partial charge on any atom is 0.227 e. The highest BCUT2D eigenvalue weighted by molar-refractivity contribution is 7.99. The Morgan fingerprint density at radius 3 is 2.62 bits per heavy atom. The van der Waals surface area contributed by atoms with Gasteiger partial charge in [0.25, 0.3) is 0 Å². The van der Waals surface area contributed by atoms with Crippen molar-refractivity contribution < 1.29 is 14.3 Å². The molecule has 0 bridgehead atoms. The standard InChI is InChI=1S/C23H29N7O3S/c1-14-13-18(29-28-14)25-20-19(33-4)21(30(2)11-12-32-3)27-23(26-20)34-17-9-7-16(8-10-17)24-22(31)15-5-6-15/h7-10,13,15H,5-6,11-12H2,1-4H3,(H,24,31)(H2,25,26,27,28,29). The third kappa shape index (κ3) is 5.97. The van der Waals surface area contributed by atoms with Crippen LogP contribution in [0, 0.1) is 12.8 Å². The summed E-state index contributed by atoms with van der Waals surface area (Å²) in [6.07, 6.45) is 1.95. The zero-order chi connectivity index (χ0) is 24.1. The SMILES string of the molecule is COCCN(C)c1nc(Sc2ccc(NC(=O)C3CC3)cc2)nc(Nc2cc(C)[nH]n2)c1OC. The second-order valence-electron chi connectivity index (χ2n) is 8.08. The molecule has 0 spiro atoms. The van der Waals surface area contributed by atoms with Crippen molar-refractivity contribution in [3.8, 4) is 5.75 Å². The summed E-state index contributed by atoms with van der Waals surface area (Å²) in [5.41, 5.74) is 1.71. The molecule has 1 saturated carbocycles. The Morgan fingerprint density at radius 1 is 1.24 bits per heavy atom. The monoisotopic (exact) mass is 483 g/mol. The van der Waals surface area contributed by atoms with Gasteiger partial charge in [0.1, 0.15) is 0 Å². The average molecular weight is 484 g/mol. The Labute approximate surface area is 202 Å². The lowest BCUT2D eigenvalue weighted by Crippen LogP contribution is -2.24. The molecule has 34 heavy (non-hydrogen) atoms. The fourth-order valence-electron chi connectivity index (χ4n) is 3.23. The maximum absolute atomic E-state index is 12.0. The van der Waals surface area contributed by atoms with E-state index in [2.05, 4.69) is 20.8 Å². The number of carbonyl (C=O) groups is 1. The van der Waals surface area contributed by atoms with Crippen LogP contribution in [0.5, 0.6) is 5.75 Å². The van der Waals surface area contributed by atoms with Crippen LogP contribution >= 0.6 is 11.8 Å². The highest BCUT2D eigenvalue weighted by atomic mass is 32.2. The first-order valence-electron chi connectivity index (χ1n) is 11.0. The predicted octanol–water partition coefficient (Wildman–Crippen LogP) is 3.84. The predicted molar refractivity (Wildman–Crippen MR) is 132 cm³/mol. The van der Waals surface area contributed by atoms with Gasteiger partial charge in [-0.2, -0.15) is 5.10 Å². The Bertz CT molecular complexity index is 1130. The van der Waals surface area contributed by atoms with E-state index in [4.69, 9.17) is 19.4 Å². The number of likely N-dealkylation sites (N-methyl/N-ethyl adjacent to an activating group) is 1. The van der Waals surface area contributed by atoms with E-state index in [1.54, 1.807) is 14.2 Å². The van der Waals surface area contributed by atoms with Crippen molar-refractivity contribution in [2.45, 2.75) is 29.8 Å². The molecule has 11 heteroatoms. The van der Waals surface area contributed by atoms with E-state index >= 15 is 0 Å². The number of nitrogens with one attached hydrogen (secondary N) is 3. The number of nitrogens with zero attached hydrogens (tertiary/aromatic N) is 4. The summed E-state index contributed by atoms with van der Waals surface area (Å²) in [6.45, 7) is 3.10. The molecule has 1 amide bonds. The van der Waals surface area contributed by atoms with Gasteiger partial charge >= 0.3 is 0 Å². The van der Waals surface area contributed by atoms with E-state index in [9.17, 15) is 4.79 Å². The third-order valence-corrected chi connectivity index (χ3v) is 6.13. The third-order valence-electron chi connectivity index (χ3n) is 5.26. The summed E-state index contributed by atoms with van der Waals surface area (Å²) >= 11 is 1.42. The molecule has 1 aliphatic rings. The number of methoxy groups -OCH3 is 2. The van der Waals surface area contributed by atoms with E-state index in [0.29, 0.717) is 41.5 Å². The zero-order valence-corrected chi connectivity index (χ0v) is 20.5. The fraction of sp³-hybridized carbons (Fsp3) is 0.391. The second-order valence-corrected chi connectivity index (χ2v) is 9.12. The van der Waals surface area contributed by atoms with Crippen LogP contribution in [0.3, 0.4) is 0 Å². The quantitative estimate of drug-likeness (QED) is 0.350. The number of aryl methyl sites for hydroxylation is 1. The van der Waals surface area contributed by atoms with Crippen LogP contribution in [0.1, 0.15) is 18.5 Å². The largest absolute Gasteiger partial charge is 0.490 e. The normalized spacial score (nSPS) is 12.9. The van der Waals surface area contributed by atoms with Crippen LogP contribution in [0.15, 0.2) is 40.4 Å². The van der Waals surface area contributed by atoms with Crippen molar-refractivity contribution in [1.82, 2.24) is 20.2 Å². The fourth-order valence-corrected chi connectivity index (χ4v) is 3.99. The van der Waals surface area contributed by atoms with Gasteiger partial charge in [-0.15, -0.1) is 0 Å². The number of benzene rings is 1. The van der Waals surface area contributed by atoms with Crippen LogP contribution in [0.25, 0.3) is 0 Å². The van der Waals surface area contributed by atoms with Gasteiger partial charge in [0.05, 0.1) is 13.7 Å². The minimum Gasteiger partial charge on any atom is -0.490 e. The highest BCUT2D eigenvalue weighted by Gasteiger charge is 2.29. The van der Waals surface area contributed by atoms with Gasteiger partial charge in [-0.25, -0.2) is 9.97 Å². The molecule has 1 aromatic carbocycles. The summed E-state index contributed by atoms with van der Waals surface area (Å²) < 4.78 is 10.9. The lowest BCUT2D eigenvalue weighted by Gasteiger charge is -2.22. The van der Waals surface area contributed by atoms with Crippen molar-refractivity contribution in [3.05, 3.63) is 36.0 Å². The summed E-state index contributed by atoms with van der Waals surface area (Å²) in [7, 11) is 5.18. The minimum absolute atomic E-state index is 0.0898. The first kappa shape index (κ1) is 23.8. The maximum atomic E-state index is 12.0. The lowest BCUT2D eigenvalue weighted by atomic mass is 10.3. The van der Waals surface area contributed by atoms with Crippen molar-refractivity contribution >= 4 is 40.8 Å². The van der Waals surface area contributed by atoms with Crippen LogP contribution < -0.4 is 20.3 Å². The first-order valence-corrected chi connectivity index (χ1v) is 11.8. The summed E-state index contributed by atoms with van der Waals surface area (Å²) in [6, 6.07) is 9.56. The molecule has 2 heterocycles. The molecule has 2 aromatic heterocycles. The number of hydrogen-bond donors (Lipinski definition) is 3. The molecule has 0 saturated heterocycles. The minimum atomic E-state index is 0.0898. The number of H-pyrrole nitrogens is 1. The van der Waals surface area contributed by atoms with E-state index < -0.39 is 0 Å². The number of carbonyl (C=O) groups excluding carboxylic acids is 1. The number of aromatic amines is 1. The van der Waals surface area contributed by atoms with E-state index in [1.165, 1.54) is 11.8 Å². The molecule has 1 fully saturated rings. The summed E-state index contributed by atoms with van der Waals surface area (Å²) in [5, 5.41) is 13.9. The number of hydrogen-bond acceptors (Lipinski definition) is 9. The zero-order valence-electron chi connectivity index (χ0n) is 19.7. The molecule has 0 radical (unpaired) electrons. The Morgan fingerprint density at radius 2 is 2.00 bits per heavy atom. The molecular formula is C23H29N7O3S. The molecule has 0 unspecified atom stereocenters. The summed E-state index contributed by atoms with van der Waals surface area (Å²) in [5.74, 6) is 2.55. The lowest BCUT2D eigenvalue weighted by molar-refractivity contribution is -0.117. The number of ether oxygens (including phenoxy) is 2. The van der Waals surface area contributed by atoms with E-state index in [-0.39, 0.29) is 11.8 Å². The number of aromatic nitrogens is 4. The smallest absolute Gasteiger partial charge is 0.227 e. The molecule has 0 aliphatic heterocycles. The van der Waals surface area contributed by atoms with Gasteiger partial charge in [-0.3, -0.25) is 9.89 Å². The van der Waals surface area contributed by atoms with Gasteiger partial charge in [-0.05, 0) is 55.8 Å². The number of anilines is 4. The van der Waals surface area contributed by atoms with E-state index in [0.717, 1.165) is 29.1 Å². The van der Waals surface area contributed by atoms with Crippen LogP contribution in [-0.2, 0) is 9.53 Å². The summed E-state index contributed by atoms with van der Waals surface area (Å²) in [4.78, 5) is 24.4. The Kier molecular flexibility index (Phi) is 7.53. The van der Waals surface area contributed by atoms with Crippen LogP contribution in [0.4, 0.5) is 23.1 Å². The van der Waals surface area contributed by atoms with Crippen LogP contribution in [-0.4, -0.2) is 60.5 Å². The molecule has 3 aromatic rings. The first-order chi connectivity index (χ1) is 16.5. The number of rotatable bonds is 11. The van der Waals surface area contributed by atoms with Gasteiger partial charge < -0.3 is 25.0 Å². The Hall–Kier alpha value is -3.31. The van der Waals surface area contributed by atoms with Crippen molar-refractivity contribution in [1.29, 1.82) is 0 Å². The van der Waals surface area contributed by atoms with E-state index in [1.807, 2.05) is 49.2 Å². The van der Waals surface area contributed by atoms with Gasteiger partial charge in [0.15, 0.2) is 22.6 Å². The van der Waals surface area contributed by atoms with Gasteiger partial charge in [0, 0.05) is 49.0 Å². The molecule has 1 aliphatic carbocycles. The molecule has 4 rings (SSSR count). The van der Waals surface area contributed by atoms with Crippen molar-refractivity contribution in [3.63, 3.8) is 0 Å². The highest BCUT2D eigenvalue weighted by Crippen LogP contribution is 2.38. The molecular weight excluding hydrogens is 454 g/mol. The molecule has 3 N–H and O–H groups in total. The molecule has 180 valence electrons. The number of amides is 1. The van der Waals surface area contributed by atoms with Gasteiger partial charge in [0.2, 0.25) is 11.7 Å². The second kappa shape index (κ2) is 10.7. The van der Waals surface area contributed by atoms with Crippen molar-refractivity contribution in [2.24, 2.45) is 5.92 Å². The molecule has 10 nitrogen and oxygen atoms in total. The average Bonchev–Trinajstić information content (AvgIpc) is 3.61. The van der Waals surface area contributed by atoms with Crippen LogP contribution in [0.2, 0.25) is 0 Å². The topological polar surface area (TPSA) is 117 Å². The molecule has 0 atom stereocenters. The van der Waals surface area contributed by atoms with Crippen molar-refractivity contribution in [2.75, 3.05) is 50.0 Å². The Balaban J connectivity index is 1.59.